The van der Waals surface area contributed by atoms with Gasteiger partial charge in [-0.3, -0.25) is 19.2 Å². The summed E-state index contributed by atoms with van der Waals surface area (Å²) in [5, 5.41) is 34.6. The van der Waals surface area contributed by atoms with E-state index in [2.05, 4.69) is 16.0 Å². The molecule has 0 aromatic rings. The standard InChI is InChI=1S/C20H36N4O8/c1-10(2)7-12(21)17(28)22-13(5-6-16(26)27)18(29)24-15(9-25)19(30)23-14(20(31)32)8-11(3)4/h10-15,25H,5-9,21H2,1-4H3,(H,22,28)(H,23,30)(H,24,29)(H,26,27)(H,31,32). The van der Waals surface area contributed by atoms with E-state index in [1.807, 2.05) is 13.8 Å². The van der Waals surface area contributed by atoms with Gasteiger partial charge in [-0.15, -0.1) is 0 Å². The maximum atomic E-state index is 12.6. The summed E-state index contributed by atoms with van der Waals surface area (Å²) in [7, 11) is 0. The Morgan fingerprint density at radius 2 is 1.22 bits per heavy atom. The molecule has 0 aromatic carbocycles. The van der Waals surface area contributed by atoms with Gasteiger partial charge in [-0.05, 0) is 31.1 Å². The van der Waals surface area contributed by atoms with Crippen LogP contribution in [0.1, 0.15) is 53.4 Å². The number of amides is 3. The molecule has 0 bridgehead atoms. The maximum absolute atomic E-state index is 12.6. The summed E-state index contributed by atoms with van der Waals surface area (Å²) in [6, 6.07) is -4.95. The van der Waals surface area contributed by atoms with Crippen LogP contribution in [0.25, 0.3) is 0 Å². The number of nitrogens with two attached hydrogens (primary N) is 1. The third-order valence-corrected chi connectivity index (χ3v) is 4.48. The molecule has 4 atom stereocenters. The number of carboxylic acid groups (broad SMARTS) is 2. The SMILES string of the molecule is CC(C)CC(N)C(=O)NC(CCC(=O)O)C(=O)NC(CO)C(=O)NC(CC(C)C)C(=O)O. The summed E-state index contributed by atoms with van der Waals surface area (Å²) in [6.45, 7) is 6.42. The first-order valence-corrected chi connectivity index (χ1v) is 10.5. The fourth-order valence-electron chi connectivity index (χ4n) is 2.86. The highest BCUT2D eigenvalue weighted by molar-refractivity contribution is 5.94. The van der Waals surface area contributed by atoms with Crippen LogP contribution in [0.15, 0.2) is 0 Å². The van der Waals surface area contributed by atoms with Crippen LogP contribution in [0.5, 0.6) is 0 Å². The van der Waals surface area contributed by atoms with Crippen molar-refractivity contribution < 1.29 is 39.3 Å². The van der Waals surface area contributed by atoms with Crippen LogP contribution in [0.2, 0.25) is 0 Å². The molecule has 0 aromatic heterocycles. The monoisotopic (exact) mass is 460 g/mol. The summed E-state index contributed by atoms with van der Waals surface area (Å²) < 4.78 is 0. The Bertz CT molecular complexity index is 668. The average Bonchev–Trinajstić information content (AvgIpc) is 2.66. The largest absolute Gasteiger partial charge is 0.481 e. The minimum Gasteiger partial charge on any atom is -0.481 e. The zero-order valence-electron chi connectivity index (χ0n) is 19.0. The number of nitrogens with one attached hydrogen (secondary N) is 3. The van der Waals surface area contributed by atoms with Gasteiger partial charge >= 0.3 is 11.9 Å². The van der Waals surface area contributed by atoms with Crippen molar-refractivity contribution >= 4 is 29.7 Å². The van der Waals surface area contributed by atoms with Gasteiger partial charge < -0.3 is 37.0 Å². The molecule has 3 amide bonds. The molecule has 12 heteroatoms. The zero-order chi connectivity index (χ0) is 25.0. The van der Waals surface area contributed by atoms with Gasteiger partial charge in [-0.1, -0.05) is 27.7 Å². The Balaban J connectivity index is 5.30. The second-order valence-corrected chi connectivity index (χ2v) is 8.50. The van der Waals surface area contributed by atoms with Crippen molar-refractivity contribution in [3.05, 3.63) is 0 Å². The number of carbonyl (C=O) groups is 5. The van der Waals surface area contributed by atoms with Gasteiger partial charge in [0.05, 0.1) is 12.6 Å². The van der Waals surface area contributed by atoms with Crippen molar-refractivity contribution in [1.82, 2.24) is 16.0 Å². The molecule has 0 aliphatic rings. The predicted octanol–water partition coefficient (Wildman–Crippen LogP) is -1.20. The highest BCUT2D eigenvalue weighted by Crippen LogP contribution is 2.07. The molecule has 0 heterocycles. The third-order valence-electron chi connectivity index (χ3n) is 4.48. The molecule has 12 nitrogen and oxygen atoms in total. The van der Waals surface area contributed by atoms with Crippen molar-refractivity contribution in [2.75, 3.05) is 6.61 Å². The first-order valence-electron chi connectivity index (χ1n) is 10.5. The third kappa shape index (κ3) is 11.6. The van der Waals surface area contributed by atoms with Crippen LogP contribution in [-0.4, -0.2) is 75.8 Å². The summed E-state index contributed by atoms with van der Waals surface area (Å²) in [6.07, 6.45) is -0.235. The van der Waals surface area contributed by atoms with Crippen LogP contribution < -0.4 is 21.7 Å². The number of carbonyl (C=O) groups excluding carboxylic acids is 3. The van der Waals surface area contributed by atoms with Gasteiger partial charge in [-0.2, -0.15) is 0 Å². The molecule has 4 unspecified atom stereocenters. The van der Waals surface area contributed by atoms with Gasteiger partial charge in [0.1, 0.15) is 18.1 Å². The molecule has 0 saturated heterocycles. The lowest BCUT2D eigenvalue weighted by Crippen LogP contribution is -2.58. The maximum Gasteiger partial charge on any atom is 0.326 e. The molecule has 0 aliphatic carbocycles. The van der Waals surface area contributed by atoms with E-state index < -0.39 is 66.9 Å². The number of carboxylic acids is 2. The number of rotatable bonds is 15. The molecule has 8 N–H and O–H groups in total. The van der Waals surface area contributed by atoms with Crippen LogP contribution in [0.4, 0.5) is 0 Å². The molecular weight excluding hydrogens is 424 g/mol. The summed E-state index contributed by atoms with van der Waals surface area (Å²) in [4.78, 5) is 59.6. The van der Waals surface area contributed by atoms with E-state index in [1.165, 1.54) is 0 Å². The van der Waals surface area contributed by atoms with E-state index in [-0.39, 0.29) is 24.7 Å². The Labute approximate surface area is 187 Å². The molecular formula is C20H36N4O8. The lowest BCUT2D eigenvalue weighted by atomic mass is 10.0. The van der Waals surface area contributed by atoms with Crippen LogP contribution in [-0.2, 0) is 24.0 Å². The van der Waals surface area contributed by atoms with E-state index >= 15 is 0 Å². The molecule has 0 radical (unpaired) electrons. The number of aliphatic hydroxyl groups excluding tert-OH is 1. The van der Waals surface area contributed by atoms with E-state index in [4.69, 9.17) is 10.8 Å². The first kappa shape index (κ1) is 29.3. The van der Waals surface area contributed by atoms with Crippen molar-refractivity contribution in [3.8, 4) is 0 Å². The van der Waals surface area contributed by atoms with Crippen molar-refractivity contribution in [2.24, 2.45) is 17.6 Å². The van der Waals surface area contributed by atoms with E-state index in [1.54, 1.807) is 13.8 Å². The minimum absolute atomic E-state index is 0.0378. The Hall–Kier alpha value is -2.73. The fraction of sp³-hybridized carbons (Fsp3) is 0.750. The van der Waals surface area contributed by atoms with Crippen LogP contribution in [0, 0.1) is 11.8 Å². The lowest BCUT2D eigenvalue weighted by molar-refractivity contribution is -0.143. The second kappa shape index (κ2) is 14.4. The van der Waals surface area contributed by atoms with Crippen LogP contribution in [0.3, 0.4) is 0 Å². The summed E-state index contributed by atoms with van der Waals surface area (Å²) in [5.74, 6) is -4.87. The van der Waals surface area contributed by atoms with Crippen molar-refractivity contribution in [2.45, 2.75) is 77.5 Å². The van der Waals surface area contributed by atoms with Gasteiger partial charge in [-0.25, -0.2) is 4.79 Å². The molecule has 0 spiro atoms. The van der Waals surface area contributed by atoms with Crippen LogP contribution >= 0.6 is 0 Å². The highest BCUT2D eigenvalue weighted by Gasteiger charge is 2.30. The number of hydrogen-bond acceptors (Lipinski definition) is 7. The van der Waals surface area contributed by atoms with E-state index in [0.717, 1.165) is 0 Å². The van der Waals surface area contributed by atoms with Crippen molar-refractivity contribution in [1.29, 1.82) is 0 Å². The smallest absolute Gasteiger partial charge is 0.326 e. The normalized spacial score (nSPS) is 14.9. The van der Waals surface area contributed by atoms with Gasteiger partial charge in [0, 0.05) is 6.42 Å². The molecule has 0 rings (SSSR count). The van der Waals surface area contributed by atoms with E-state index in [0.29, 0.717) is 6.42 Å². The minimum atomic E-state index is -1.50. The van der Waals surface area contributed by atoms with Gasteiger partial charge in [0.25, 0.3) is 0 Å². The Kier molecular flexibility index (Phi) is 13.1. The predicted molar refractivity (Wildman–Crippen MR) is 114 cm³/mol. The zero-order valence-corrected chi connectivity index (χ0v) is 19.0. The quantitative estimate of drug-likeness (QED) is 0.156. The Morgan fingerprint density at radius 3 is 1.66 bits per heavy atom. The number of aliphatic hydroxyl groups is 1. The molecule has 0 fully saturated rings. The van der Waals surface area contributed by atoms with Crippen molar-refractivity contribution in [3.63, 3.8) is 0 Å². The number of aliphatic carboxylic acids is 2. The lowest BCUT2D eigenvalue weighted by Gasteiger charge is -2.24. The number of hydrogen-bond donors (Lipinski definition) is 7. The molecule has 0 aliphatic heterocycles. The van der Waals surface area contributed by atoms with Gasteiger partial charge in [0.2, 0.25) is 17.7 Å². The first-order chi connectivity index (χ1) is 14.8. The highest BCUT2D eigenvalue weighted by atomic mass is 16.4. The average molecular weight is 461 g/mol. The van der Waals surface area contributed by atoms with E-state index in [9.17, 15) is 34.2 Å². The van der Waals surface area contributed by atoms with Gasteiger partial charge in [0.15, 0.2) is 0 Å². The Morgan fingerprint density at radius 1 is 0.750 bits per heavy atom. The molecule has 0 saturated carbocycles. The molecule has 184 valence electrons. The summed E-state index contributed by atoms with van der Waals surface area (Å²) >= 11 is 0. The topological polar surface area (TPSA) is 208 Å². The summed E-state index contributed by atoms with van der Waals surface area (Å²) in [5.41, 5.74) is 5.80. The second-order valence-electron chi connectivity index (χ2n) is 8.50. The molecule has 32 heavy (non-hydrogen) atoms. The fourth-order valence-corrected chi connectivity index (χ4v) is 2.86.